The van der Waals surface area contributed by atoms with Gasteiger partial charge in [0.2, 0.25) is 0 Å². The molecule has 3 heteroatoms. The molecular formula is C10H18O3. The molecule has 0 spiro atoms. The van der Waals surface area contributed by atoms with Crippen LogP contribution in [-0.2, 0) is 14.3 Å². The molecule has 0 N–H and O–H groups in total. The maximum Gasteiger partial charge on any atom is 0.372 e. The minimum atomic E-state index is -0.490. The van der Waals surface area contributed by atoms with Crippen LogP contribution in [0.1, 0.15) is 32.6 Å². The Bertz CT molecular complexity index is 164. The van der Waals surface area contributed by atoms with Crippen LogP contribution in [0.25, 0.3) is 0 Å². The third-order valence-electron chi connectivity index (χ3n) is 1.69. The Morgan fingerprint density at radius 2 is 2.00 bits per heavy atom. The van der Waals surface area contributed by atoms with Crippen molar-refractivity contribution in [1.29, 1.82) is 0 Å². The zero-order chi connectivity index (χ0) is 10.1. The van der Waals surface area contributed by atoms with Crippen LogP contribution in [0.3, 0.4) is 0 Å². The Labute approximate surface area is 79.7 Å². The van der Waals surface area contributed by atoms with Gasteiger partial charge in [0.05, 0.1) is 13.7 Å². The van der Waals surface area contributed by atoms with E-state index in [1.54, 1.807) is 0 Å². The number of hydrogen-bond donors (Lipinski definition) is 0. The smallest absolute Gasteiger partial charge is 0.372 e. The van der Waals surface area contributed by atoms with Crippen LogP contribution < -0.4 is 0 Å². The summed E-state index contributed by atoms with van der Waals surface area (Å²) in [6.45, 7) is 6.14. The van der Waals surface area contributed by atoms with Gasteiger partial charge in [-0.1, -0.05) is 26.2 Å². The Kier molecular flexibility index (Phi) is 7.07. The number of rotatable bonds is 7. The molecule has 0 atom stereocenters. The standard InChI is InChI=1S/C10H18O3/c1-4-5-6-7-8-13-9(2)10(11)12-3/h2,4-8H2,1,3H3. The van der Waals surface area contributed by atoms with Crippen LogP contribution in [0.4, 0.5) is 0 Å². The molecule has 0 aromatic heterocycles. The first kappa shape index (κ1) is 12.0. The highest BCUT2D eigenvalue weighted by Crippen LogP contribution is 2.02. The van der Waals surface area contributed by atoms with E-state index in [1.807, 2.05) is 0 Å². The third-order valence-corrected chi connectivity index (χ3v) is 1.69. The highest BCUT2D eigenvalue weighted by atomic mass is 16.6. The lowest BCUT2D eigenvalue weighted by Gasteiger charge is -2.06. The summed E-state index contributed by atoms with van der Waals surface area (Å²) in [4.78, 5) is 10.8. The molecule has 0 aromatic rings. The fourth-order valence-electron chi connectivity index (χ4n) is 0.897. The van der Waals surface area contributed by atoms with Gasteiger partial charge in [-0.15, -0.1) is 0 Å². The van der Waals surface area contributed by atoms with Crippen LogP contribution in [-0.4, -0.2) is 19.7 Å². The van der Waals surface area contributed by atoms with Gasteiger partial charge in [0.15, 0.2) is 5.76 Å². The van der Waals surface area contributed by atoms with Gasteiger partial charge in [0.25, 0.3) is 0 Å². The minimum Gasteiger partial charge on any atom is -0.487 e. The van der Waals surface area contributed by atoms with E-state index < -0.39 is 5.97 Å². The van der Waals surface area contributed by atoms with Crippen LogP contribution in [0.15, 0.2) is 12.3 Å². The van der Waals surface area contributed by atoms with E-state index in [2.05, 4.69) is 18.2 Å². The summed E-state index contributed by atoms with van der Waals surface area (Å²) in [5.74, 6) is -0.394. The number of esters is 1. The Balaban J connectivity index is 3.32. The van der Waals surface area contributed by atoms with Crippen molar-refractivity contribution in [2.24, 2.45) is 0 Å². The van der Waals surface area contributed by atoms with Crippen molar-refractivity contribution in [3.8, 4) is 0 Å². The fourth-order valence-corrected chi connectivity index (χ4v) is 0.897. The van der Waals surface area contributed by atoms with Crippen LogP contribution in [0, 0.1) is 0 Å². The van der Waals surface area contributed by atoms with Crippen LogP contribution in [0.2, 0.25) is 0 Å². The van der Waals surface area contributed by atoms with Gasteiger partial charge < -0.3 is 9.47 Å². The highest BCUT2D eigenvalue weighted by Gasteiger charge is 2.06. The van der Waals surface area contributed by atoms with Crippen LogP contribution >= 0.6 is 0 Å². The van der Waals surface area contributed by atoms with Crippen molar-refractivity contribution in [2.75, 3.05) is 13.7 Å². The molecule has 0 radical (unpaired) electrons. The number of ether oxygens (including phenoxy) is 2. The second-order valence-electron chi connectivity index (χ2n) is 2.82. The van der Waals surface area contributed by atoms with Gasteiger partial charge in [0, 0.05) is 0 Å². The molecule has 0 saturated heterocycles. The Hall–Kier alpha value is -0.990. The maximum absolute atomic E-state index is 10.8. The highest BCUT2D eigenvalue weighted by molar-refractivity contribution is 5.85. The first-order valence-corrected chi connectivity index (χ1v) is 4.62. The normalized spacial score (nSPS) is 9.38. The van der Waals surface area contributed by atoms with Gasteiger partial charge in [0.1, 0.15) is 0 Å². The van der Waals surface area contributed by atoms with Crippen molar-refractivity contribution in [3.05, 3.63) is 12.3 Å². The van der Waals surface area contributed by atoms with Crippen molar-refractivity contribution in [2.45, 2.75) is 32.6 Å². The number of methoxy groups -OCH3 is 1. The average Bonchev–Trinajstić information content (AvgIpc) is 2.16. The number of unbranched alkanes of at least 4 members (excludes halogenated alkanes) is 3. The summed E-state index contributed by atoms with van der Waals surface area (Å²) < 4.78 is 9.50. The van der Waals surface area contributed by atoms with Gasteiger partial charge >= 0.3 is 5.97 Å². The van der Waals surface area contributed by atoms with E-state index >= 15 is 0 Å². The molecule has 0 unspecified atom stereocenters. The van der Waals surface area contributed by atoms with E-state index in [0.29, 0.717) is 6.61 Å². The molecule has 0 aliphatic carbocycles. The number of carbonyl (C=O) groups excluding carboxylic acids is 1. The van der Waals surface area contributed by atoms with E-state index in [9.17, 15) is 4.79 Å². The summed E-state index contributed by atoms with van der Waals surface area (Å²) in [7, 11) is 1.31. The third kappa shape index (κ3) is 6.20. The Morgan fingerprint density at radius 1 is 1.31 bits per heavy atom. The summed E-state index contributed by atoms with van der Waals surface area (Å²) >= 11 is 0. The predicted molar refractivity (Wildman–Crippen MR) is 51.3 cm³/mol. The molecule has 0 amide bonds. The number of carbonyl (C=O) groups is 1. The lowest BCUT2D eigenvalue weighted by atomic mass is 10.2. The molecule has 0 heterocycles. The van der Waals surface area contributed by atoms with Gasteiger partial charge in [-0.25, -0.2) is 4.79 Å². The van der Waals surface area contributed by atoms with Gasteiger partial charge in [-0.3, -0.25) is 0 Å². The topological polar surface area (TPSA) is 35.5 Å². The number of hydrogen-bond acceptors (Lipinski definition) is 3. The first-order valence-electron chi connectivity index (χ1n) is 4.62. The molecule has 0 aliphatic rings. The SMILES string of the molecule is C=C(OCCCCCC)C(=O)OC. The molecule has 0 saturated carbocycles. The van der Waals surface area contributed by atoms with Gasteiger partial charge in [-0.2, -0.15) is 0 Å². The summed E-state index contributed by atoms with van der Waals surface area (Å²) in [6.07, 6.45) is 4.49. The van der Waals surface area contributed by atoms with Gasteiger partial charge in [-0.05, 0) is 13.0 Å². The van der Waals surface area contributed by atoms with Crippen molar-refractivity contribution in [3.63, 3.8) is 0 Å². The summed E-state index contributed by atoms with van der Waals surface area (Å²) in [6, 6.07) is 0. The quantitative estimate of drug-likeness (QED) is 0.265. The van der Waals surface area contributed by atoms with Crippen molar-refractivity contribution in [1.82, 2.24) is 0 Å². The van der Waals surface area contributed by atoms with E-state index in [1.165, 1.54) is 20.0 Å². The lowest BCUT2D eigenvalue weighted by molar-refractivity contribution is -0.140. The van der Waals surface area contributed by atoms with E-state index in [0.717, 1.165) is 12.8 Å². The van der Waals surface area contributed by atoms with Crippen molar-refractivity contribution < 1.29 is 14.3 Å². The van der Waals surface area contributed by atoms with E-state index in [4.69, 9.17) is 4.74 Å². The predicted octanol–water partition coefficient (Wildman–Crippen LogP) is 2.27. The maximum atomic E-state index is 10.8. The van der Waals surface area contributed by atoms with Crippen molar-refractivity contribution >= 4 is 5.97 Å². The monoisotopic (exact) mass is 186 g/mol. The fraction of sp³-hybridized carbons (Fsp3) is 0.700. The molecule has 0 rings (SSSR count). The van der Waals surface area contributed by atoms with Crippen LogP contribution in [0.5, 0.6) is 0 Å². The molecule has 0 aliphatic heterocycles. The summed E-state index contributed by atoms with van der Waals surface area (Å²) in [5.41, 5.74) is 0. The molecule has 0 fully saturated rings. The van der Waals surface area contributed by atoms with E-state index in [-0.39, 0.29) is 5.76 Å². The minimum absolute atomic E-state index is 0.0963. The molecule has 76 valence electrons. The molecule has 0 aromatic carbocycles. The summed E-state index contributed by atoms with van der Waals surface area (Å²) in [5, 5.41) is 0. The molecule has 13 heavy (non-hydrogen) atoms. The molecule has 0 bridgehead atoms. The second-order valence-corrected chi connectivity index (χ2v) is 2.82. The average molecular weight is 186 g/mol. The second kappa shape index (κ2) is 7.65. The first-order chi connectivity index (χ1) is 6.22. The zero-order valence-corrected chi connectivity index (χ0v) is 8.47. The largest absolute Gasteiger partial charge is 0.487 e. The molecular weight excluding hydrogens is 168 g/mol. The molecule has 3 nitrogen and oxygen atoms in total. The zero-order valence-electron chi connectivity index (χ0n) is 8.47. The Morgan fingerprint density at radius 3 is 2.54 bits per heavy atom. The lowest BCUT2D eigenvalue weighted by Crippen LogP contribution is -2.07.